The molecule has 26 heavy (non-hydrogen) atoms. The van der Waals surface area contributed by atoms with Crippen LogP contribution in [0.2, 0.25) is 0 Å². The maximum atomic E-state index is 10.3. The Labute approximate surface area is 155 Å². The lowest BCUT2D eigenvalue weighted by molar-refractivity contribution is -0.131. The molecule has 2 N–H and O–H groups in total. The highest BCUT2D eigenvalue weighted by Gasteiger charge is 2.06. The Morgan fingerprint density at radius 1 is 0.654 bits per heavy atom. The molecule has 8 heteroatoms. The van der Waals surface area contributed by atoms with Crippen molar-refractivity contribution in [3.8, 4) is 23.0 Å². The van der Waals surface area contributed by atoms with Gasteiger partial charge in [0, 0.05) is 0 Å². The van der Waals surface area contributed by atoms with E-state index in [-0.39, 0.29) is 11.5 Å². The number of hydrogen-bond acceptors (Lipinski definition) is 6. The highest BCUT2D eigenvalue weighted by molar-refractivity contribution is 7.10. The molecular weight excluding hydrogens is 374 g/mol. The number of phenolic OH excluding ortho intramolecular Hbond substituents is 2. The van der Waals surface area contributed by atoms with Gasteiger partial charge >= 0.3 is 0 Å². The van der Waals surface area contributed by atoms with E-state index in [1.807, 2.05) is 24.3 Å². The monoisotopic (exact) mass is 392 g/mol. The first-order chi connectivity index (χ1) is 12.5. The van der Waals surface area contributed by atoms with E-state index in [9.17, 15) is 9.59 Å². The van der Waals surface area contributed by atoms with Crippen molar-refractivity contribution in [1.29, 1.82) is 0 Å². The molecule has 0 heterocycles. The molecule has 0 radical (unpaired) electrons. The van der Waals surface area contributed by atoms with Crippen LogP contribution in [-0.2, 0) is 9.59 Å². The Bertz CT molecular complexity index is 736. The van der Waals surface area contributed by atoms with Crippen molar-refractivity contribution in [1.82, 2.24) is 0 Å². The lowest BCUT2D eigenvalue weighted by Gasteiger charge is -2.04. The minimum atomic E-state index is -0.437. The van der Waals surface area contributed by atoms with Gasteiger partial charge in [0.25, 0.3) is 0 Å². The predicted molar refractivity (Wildman–Crippen MR) is 105 cm³/mol. The molecule has 0 saturated heterocycles. The van der Waals surface area contributed by atoms with E-state index in [0.717, 1.165) is 0 Å². The van der Waals surface area contributed by atoms with Gasteiger partial charge in [-0.3, -0.25) is 9.59 Å². The number of para-hydroxylation sites is 4. The zero-order chi connectivity index (χ0) is 19.4. The second-order valence-corrected chi connectivity index (χ2v) is 5.09. The standard InChI is InChI=1S/C6H8O2P2.C6H6O2.C6H4O2/c9-7-5-3-1-2-4-6(5)8-10;2*7-5-3-1-2-4-6(5)8/h1-4H,9-10H2;1-4,7-8H;1-4H. The summed E-state index contributed by atoms with van der Waals surface area (Å²) in [6.07, 6.45) is 5.60. The molecule has 2 aromatic carbocycles. The van der Waals surface area contributed by atoms with Crippen molar-refractivity contribution in [3.63, 3.8) is 0 Å². The number of benzene rings is 2. The van der Waals surface area contributed by atoms with E-state index in [0.29, 0.717) is 11.5 Å². The van der Waals surface area contributed by atoms with Crippen LogP contribution >= 0.6 is 18.9 Å². The summed E-state index contributed by atoms with van der Waals surface area (Å²) >= 11 is 0. The Hall–Kier alpha value is -2.68. The lowest BCUT2D eigenvalue weighted by Crippen LogP contribution is -2.08. The van der Waals surface area contributed by atoms with Crippen LogP contribution in [0.1, 0.15) is 0 Å². The molecule has 6 nitrogen and oxygen atoms in total. The average molecular weight is 392 g/mol. The van der Waals surface area contributed by atoms with Crippen LogP contribution in [0.15, 0.2) is 72.8 Å². The molecule has 3 rings (SSSR count). The maximum Gasteiger partial charge on any atom is 0.225 e. The SMILES string of the molecule is O=C1C=CC=CC1=O.Oc1ccccc1O.POc1ccccc1OP. The molecule has 2 aromatic rings. The zero-order valence-electron chi connectivity index (χ0n) is 13.6. The first-order valence-electron chi connectivity index (χ1n) is 7.22. The van der Waals surface area contributed by atoms with Gasteiger partial charge in [-0.2, -0.15) is 0 Å². The maximum absolute atomic E-state index is 10.3. The number of hydrogen-bond donors (Lipinski definition) is 2. The van der Waals surface area contributed by atoms with Crippen LogP contribution in [-0.4, -0.2) is 21.8 Å². The number of aromatic hydroxyl groups is 2. The molecule has 0 bridgehead atoms. The normalized spacial score (nSPS) is 11.6. The van der Waals surface area contributed by atoms with E-state index in [4.69, 9.17) is 19.3 Å². The van der Waals surface area contributed by atoms with Crippen molar-refractivity contribution >= 4 is 30.5 Å². The third kappa shape index (κ3) is 7.47. The first kappa shape index (κ1) is 21.4. The van der Waals surface area contributed by atoms with Gasteiger partial charge in [-0.15, -0.1) is 0 Å². The summed E-state index contributed by atoms with van der Waals surface area (Å²) in [5.74, 6) is 0.394. The zero-order valence-corrected chi connectivity index (χ0v) is 15.9. The van der Waals surface area contributed by atoms with Gasteiger partial charge in [0.2, 0.25) is 11.6 Å². The van der Waals surface area contributed by atoms with Crippen LogP contribution in [0.5, 0.6) is 23.0 Å². The quantitative estimate of drug-likeness (QED) is 0.352. The molecule has 2 atom stereocenters. The number of carbonyl (C=O) groups is 2. The van der Waals surface area contributed by atoms with Crippen LogP contribution in [0.25, 0.3) is 0 Å². The van der Waals surface area contributed by atoms with Crippen molar-refractivity contribution in [3.05, 3.63) is 72.8 Å². The van der Waals surface area contributed by atoms with E-state index < -0.39 is 11.6 Å². The Morgan fingerprint density at radius 3 is 1.27 bits per heavy atom. The molecule has 1 aliphatic rings. The molecule has 0 aliphatic heterocycles. The van der Waals surface area contributed by atoms with E-state index in [1.54, 1.807) is 24.3 Å². The summed E-state index contributed by atoms with van der Waals surface area (Å²) < 4.78 is 9.83. The highest BCUT2D eigenvalue weighted by Crippen LogP contribution is 2.28. The van der Waals surface area contributed by atoms with Gasteiger partial charge in [0.1, 0.15) is 0 Å². The molecule has 136 valence electrons. The highest BCUT2D eigenvalue weighted by atomic mass is 31.0. The van der Waals surface area contributed by atoms with Crippen molar-refractivity contribution in [2.75, 3.05) is 0 Å². The summed E-state index contributed by atoms with van der Waals surface area (Å²) in [6.45, 7) is 0. The first-order valence-corrected chi connectivity index (χ1v) is 8.16. The summed E-state index contributed by atoms with van der Waals surface area (Å²) in [4.78, 5) is 20.6. The minimum Gasteiger partial charge on any atom is -0.504 e. The summed E-state index contributed by atoms with van der Waals surface area (Å²) in [7, 11) is 4.33. The third-order valence-corrected chi connectivity index (χ3v) is 3.34. The molecule has 0 amide bonds. The summed E-state index contributed by atoms with van der Waals surface area (Å²) in [5, 5.41) is 17.3. The third-order valence-electron chi connectivity index (χ3n) is 2.83. The molecule has 0 spiro atoms. The molecular formula is C18H18O6P2. The van der Waals surface area contributed by atoms with Crippen molar-refractivity contribution in [2.45, 2.75) is 0 Å². The smallest absolute Gasteiger partial charge is 0.225 e. The van der Waals surface area contributed by atoms with E-state index >= 15 is 0 Å². The second kappa shape index (κ2) is 11.8. The fourth-order valence-electron chi connectivity index (χ4n) is 1.56. The molecule has 0 fully saturated rings. The topological polar surface area (TPSA) is 93.1 Å². The number of rotatable bonds is 2. The Balaban J connectivity index is 0.000000197. The molecule has 2 unspecified atom stereocenters. The predicted octanol–water partition coefficient (Wildman–Crippen LogP) is 3.37. The number of carbonyl (C=O) groups excluding carboxylic acids is 2. The van der Waals surface area contributed by atoms with Crippen molar-refractivity contribution < 1.29 is 28.8 Å². The minimum absolute atomic E-state index is 0.0764. The van der Waals surface area contributed by atoms with Gasteiger partial charge in [-0.25, -0.2) is 0 Å². The van der Waals surface area contributed by atoms with Gasteiger partial charge in [-0.05, 0) is 36.4 Å². The van der Waals surface area contributed by atoms with Gasteiger partial charge in [0.15, 0.2) is 23.0 Å². The van der Waals surface area contributed by atoms with Crippen LogP contribution in [0, 0.1) is 0 Å². The van der Waals surface area contributed by atoms with Gasteiger partial charge < -0.3 is 19.3 Å². The van der Waals surface area contributed by atoms with Crippen molar-refractivity contribution in [2.24, 2.45) is 0 Å². The lowest BCUT2D eigenvalue weighted by atomic mass is 10.1. The van der Waals surface area contributed by atoms with Gasteiger partial charge in [0.05, 0.1) is 18.9 Å². The van der Waals surface area contributed by atoms with E-state index in [1.165, 1.54) is 24.3 Å². The summed E-state index contributed by atoms with van der Waals surface area (Å²) in [6, 6.07) is 13.6. The average Bonchev–Trinajstić information content (AvgIpc) is 2.67. The number of ketones is 2. The number of allylic oxidation sites excluding steroid dienone is 4. The fourth-order valence-corrected chi connectivity index (χ4v) is 1.95. The van der Waals surface area contributed by atoms with Gasteiger partial charge in [-0.1, -0.05) is 36.4 Å². The Morgan fingerprint density at radius 2 is 1.00 bits per heavy atom. The van der Waals surface area contributed by atoms with Crippen LogP contribution < -0.4 is 9.05 Å². The largest absolute Gasteiger partial charge is 0.504 e. The molecule has 1 aliphatic carbocycles. The number of phenols is 2. The molecule has 0 aromatic heterocycles. The van der Waals surface area contributed by atoms with Crippen LogP contribution in [0.3, 0.4) is 0 Å². The van der Waals surface area contributed by atoms with E-state index in [2.05, 4.69) is 18.9 Å². The fraction of sp³-hybridized carbons (Fsp3) is 0. The van der Waals surface area contributed by atoms with Crippen LogP contribution in [0.4, 0.5) is 0 Å². The summed E-state index contributed by atoms with van der Waals surface area (Å²) in [5.41, 5.74) is 0. The molecule has 0 saturated carbocycles. The Kier molecular flexibility index (Phi) is 9.70. The second-order valence-electron chi connectivity index (χ2n) is 4.62.